The summed E-state index contributed by atoms with van der Waals surface area (Å²) in [4.78, 5) is 14.9. The summed E-state index contributed by atoms with van der Waals surface area (Å²) in [7, 11) is -4.61. The molecule has 2 aromatic heterocycles. The lowest BCUT2D eigenvalue weighted by atomic mass is 9.94. The number of nitrogen functional groups attached to an aromatic ring is 1. The summed E-state index contributed by atoms with van der Waals surface area (Å²) < 4.78 is 86.5. The molecule has 1 saturated heterocycles. The van der Waals surface area contributed by atoms with Gasteiger partial charge in [0.15, 0.2) is 23.2 Å². The van der Waals surface area contributed by atoms with Gasteiger partial charge >= 0.3 is 7.82 Å². The highest BCUT2D eigenvalue weighted by Gasteiger charge is 2.51. The van der Waals surface area contributed by atoms with Gasteiger partial charge in [0.1, 0.15) is 29.3 Å². The highest BCUT2D eigenvalue weighted by molar-refractivity contribution is 7.48. The Morgan fingerprint density at radius 2 is 1.54 bits per heavy atom. The first-order valence-corrected chi connectivity index (χ1v) is 25.7. The number of hydrogen-bond donors (Lipinski definition) is 2. The summed E-state index contributed by atoms with van der Waals surface area (Å²) in [6.07, 6.45) is 18.9. The van der Waals surface area contributed by atoms with Gasteiger partial charge < -0.3 is 34.3 Å². The van der Waals surface area contributed by atoms with Crippen molar-refractivity contribution in [3.63, 3.8) is 0 Å². The monoisotopic (exact) mass is 975 g/mol. The highest BCUT2D eigenvalue weighted by atomic mass is 31.2. The van der Waals surface area contributed by atoms with E-state index in [0.29, 0.717) is 23.4 Å². The van der Waals surface area contributed by atoms with Gasteiger partial charge in [-0.1, -0.05) is 109 Å². The molecular weight excluding hydrogens is 904 g/mol. The van der Waals surface area contributed by atoms with Crippen LogP contribution in [0, 0.1) is 21.7 Å². The van der Waals surface area contributed by atoms with Crippen LogP contribution in [0.25, 0.3) is 5.52 Å². The molecule has 1 fully saturated rings. The molecule has 5 atom stereocenters. The molecule has 3 heterocycles. The average molecular weight is 976 g/mol. The molecule has 1 aliphatic heterocycles. The topological polar surface area (TPSA) is 201 Å². The number of aromatic nitrogens is 3. The fourth-order valence-corrected chi connectivity index (χ4v) is 9.51. The standard InChI is InChI=1S/C49H72F2N5O11P/c1-5-6-7-8-9-10-11-12-13-14-15-16-17-18-19-20-29-61-33-41(62-32-37-21-26-42(50)43(51)30-37)35-64-68(60,67-39-24-22-38(23-25-39)56(58)59)63-34-40-31-46(66-48(2,3)57)49(4,65-40)45-28-27-44-47(52)53-36-54-55(44)45/h21-28,30,36,40-41,46,57H,5-20,29,31-35H2,1-4H3,(H2,52,53,54)/t40-,41+,46+,49-,68?/m0/s1. The van der Waals surface area contributed by atoms with Crippen LogP contribution in [0.2, 0.25) is 0 Å². The summed E-state index contributed by atoms with van der Waals surface area (Å²) >= 11 is 0. The second-order valence-corrected chi connectivity index (χ2v) is 19.8. The van der Waals surface area contributed by atoms with Gasteiger partial charge in [-0.2, -0.15) is 5.10 Å². The number of benzene rings is 2. The second kappa shape index (κ2) is 27.3. The molecule has 0 spiro atoms. The fraction of sp³-hybridized carbons (Fsp3) is 0.633. The Labute approximate surface area is 399 Å². The number of unbranched alkanes of at least 4 members (excludes halogenated alkanes) is 15. The Morgan fingerprint density at radius 1 is 0.912 bits per heavy atom. The molecule has 0 amide bonds. The van der Waals surface area contributed by atoms with Gasteiger partial charge in [-0.25, -0.2) is 22.8 Å². The van der Waals surface area contributed by atoms with Crippen LogP contribution < -0.4 is 10.3 Å². The maximum atomic E-state index is 14.6. The summed E-state index contributed by atoms with van der Waals surface area (Å²) in [5, 5.41) is 26.5. The zero-order valence-corrected chi connectivity index (χ0v) is 41.1. The molecule has 3 N–H and O–H groups in total. The van der Waals surface area contributed by atoms with Gasteiger partial charge in [0.05, 0.1) is 49.3 Å². The first kappa shape index (κ1) is 54.8. The fourth-order valence-electron chi connectivity index (χ4n) is 8.25. The Balaban J connectivity index is 1.19. The summed E-state index contributed by atoms with van der Waals surface area (Å²) in [6.45, 7) is 6.52. The molecule has 4 aromatic rings. The van der Waals surface area contributed by atoms with E-state index in [1.807, 2.05) is 0 Å². The van der Waals surface area contributed by atoms with Gasteiger partial charge in [-0.05, 0) is 69.2 Å². The number of ether oxygens (including phenoxy) is 4. The lowest BCUT2D eigenvalue weighted by molar-refractivity contribution is -0.384. The number of nitro groups is 1. The van der Waals surface area contributed by atoms with Crippen molar-refractivity contribution in [2.75, 3.05) is 32.2 Å². The Hall–Kier alpha value is -4.13. The van der Waals surface area contributed by atoms with Crippen molar-refractivity contribution >= 4 is 24.8 Å². The minimum absolute atomic E-state index is 0.000651. The molecule has 19 heteroatoms. The van der Waals surface area contributed by atoms with E-state index in [2.05, 4.69) is 17.0 Å². The molecule has 5 rings (SSSR count). The number of nitrogens with zero attached hydrogens (tertiary/aromatic N) is 4. The van der Waals surface area contributed by atoms with Gasteiger partial charge in [0, 0.05) is 25.2 Å². The lowest BCUT2D eigenvalue weighted by Gasteiger charge is -2.34. The zero-order valence-electron chi connectivity index (χ0n) is 40.2. The third-order valence-corrected chi connectivity index (χ3v) is 13.3. The first-order chi connectivity index (χ1) is 32.6. The van der Waals surface area contributed by atoms with Crippen LogP contribution in [0.1, 0.15) is 148 Å². The molecule has 0 radical (unpaired) electrons. The number of rotatable bonds is 34. The van der Waals surface area contributed by atoms with Crippen LogP contribution in [0.5, 0.6) is 5.75 Å². The van der Waals surface area contributed by atoms with E-state index < -0.39 is 60.7 Å². The van der Waals surface area contributed by atoms with Gasteiger partial charge in [-0.15, -0.1) is 0 Å². The Bertz CT molecular complexity index is 2180. The van der Waals surface area contributed by atoms with Gasteiger partial charge in [0.2, 0.25) is 0 Å². The molecule has 1 unspecified atom stereocenters. The largest absolute Gasteiger partial charge is 0.530 e. The SMILES string of the molecule is CCCCCCCCCCCCCCCCCCOC[C@H](COP(=O)(OC[C@@H]1C[C@@H](OC(C)(C)O)[C@](C)(c2ccc3c(N)ncnn23)O1)Oc1ccc([N+](=O)[O-])cc1)OCc1ccc(F)c(F)c1. The van der Waals surface area contributed by atoms with Crippen LogP contribution in [0.15, 0.2) is 60.9 Å². The van der Waals surface area contributed by atoms with E-state index in [9.17, 15) is 28.6 Å². The molecule has 378 valence electrons. The molecular formula is C49H72F2N5O11P. The molecule has 68 heavy (non-hydrogen) atoms. The van der Waals surface area contributed by atoms with Crippen molar-refractivity contribution in [2.45, 2.75) is 173 Å². The van der Waals surface area contributed by atoms with Crippen molar-refractivity contribution < 1.29 is 55.9 Å². The second-order valence-electron chi connectivity index (χ2n) is 18.2. The van der Waals surface area contributed by atoms with Crippen molar-refractivity contribution in [2.24, 2.45) is 0 Å². The highest BCUT2D eigenvalue weighted by Crippen LogP contribution is 2.51. The smallest absolute Gasteiger partial charge is 0.404 e. The van der Waals surface area contributed by atoms with Crippen molar-refractivity contribution in [3.8, 4) is 5.75 Å². The summed E-state index contributed by atoms with van der Waals surface area (Å²) in [5.74, 6) is -3.41. The molecule has 1 aliphatic rings. The third-order valence-electron chi connectivity index (χ3n) is 11.9. The van der Waals surface area contributed by atoms with Crippen LogP contribution in [-0.4, -0.2) is 75.2 Å². The van der Waals surface area contributed by atoms with Gasteiger partial charge in [-0.3, -0.25) is 19.2 Å². The minimum atomic E-state index is -4.61. The van der Waals surface area contributed by atoms with Crippen molar-refractivity contribution in [1.82, 2.24) is 14.6 Å². The number of non-ortho nitro benzene ring substituents is 1. The Kier molecular flexibility index (Phi) is 22.0. The molecule has 0 aliphatic carbocycles. The number of phosphoric acid groups is 1. The summed E-state index contributed by atoms with van der Waals surface area (Å²) in [6, 6.07) is 11.8. The van der Waals surface area contributed by atoms with Crippen LogP contribution >= 0.6 is 7.82 Å². The molecule has 0 bridgehead atoms. The minimum Gasteiger partial charge on any atom is -0.404 e. The lowest BCUT2D eigenvalue weighted by Crippen LogP contribution is -2.41. The maximum absolute atomic E-state index is 14.6. The van der Waals surface area contributed by atoms with Crippen LogP contribution in [0.4, 0.5) is 20.3 Å². The third kappa shape index (κ3) is 17.7. The van der Waals surface area contributed by atoms with E-state index in [-0.39, 0.29) is 43.5 Å². The molecule has 0 saturated carbocycles. The number of nitrogens with two attached hydrogens (primary N) is 1. The first-order valence-electron chi connectivity index (χ1n) is 24.2. The Morgan fingerprint density at radius 3 is 2.15 bits per heavy atom. The summed E-state index contributed by atoms with van der Waals surface area (Å²) in [5.41, 5.74) is 6.07. The number of fused-ring (bicyclic) bond motifs is 1. The molecule has 2 aromatic carbocycles. The number of nitro benzene ring substituents is 1. The van der Waals surface area contributed by atoms with E-state index in [1.54, 1.807) is 23.6 Å². The number of anilines is 1. The van der Waals surface area contributed by atoms with Crippen molar-refractivity contribution in [1.29, 1.82) is 0 Å². The average Bonchev–Trinajstić information content (AvgIpc) is 3.88. The normalized spacial score (nSPS) is 18.8. The van der Waals surface area contributed by atoms with Gasteiger partial charge in [0.25, 0.3) is 5.69 Å². The number of halogens is 2. The van der Waals surface area contributed by atoms with E-state index in [1.165, 1.54) is 134 Å². The zero-order chi connectivity index (χ0) is 49.0. The number of hydrogen-bond acceptors (Lipinski definition) is 14. The van der Waals surface area contributed by atoms with E-state index in [0.717, 1.165) is 31.4 Å². The van der Waals surface area contributed by atoms with Crippen molar-refractivity contribution in [3.05, 3.63) is 93.9 Å². The van der Waals surface area contributed by atoms with E-state index >= 15 is 0 Å². The van der Waals surface area contributed by atoms with E-state index in [4.69, 9.17) is 38.3 Å². The van der Waals surface area contributed by atoms with Crippen LogP contribution in [0.3, 0.4) is 0 Å². The predicted molar refractivity (Wildman–Crippen MR) is 254 cm³/mol. The van der Waals surface area contributed by atoms with Crippen LogP contribution in [-0.2, 0) is 44.8 Å². The molecule has 16 nitrogen and oxygen atoms in total. The quantitative estimate of drug-likeness (QED) is 0.0147. The predicted octanol–water partition coefficient (Wildman–Crippen LogP) is 11.7. The number of aliphatic hydroxyl groups is 1. The maximum Gasteiger partial charge on any atom is 0.530 e. The number of phosphoric ester groups is 1.